The van der Waals surface area contributed by atoms with Crippen LogP contribution in [0.1, 0.15) is 19.8 Å². The van der Waals surface area contributed by atoms with Crippen molar-refractivity contribution in [2.75, 3.05) is 6.61 Å². The Labute approximate surface area is 121 Å². The number of benzene rings is 1. The van der Waals surface area contributed by atoms with Crippen molar-refractivity contribution in [1.29, 1.82) is 0 Å². The van der Waals surface area contributed by atoms with E-state index in [2.05, 4.69) is 47.8 Å². The average Bonchev–Trinajstić information content (AvgIpc) is 2.16. The molecular formula is C11H13Br3O2. The van der Waals surface area contributed by atoms with Crippen LogP contribution in [-0.4, -0.2) is 17.8 Å². The maximum atomic E-state index is 9.58. The summed E-state index contributed by atoms with van der Waals surface area (Å²) in [6.45, 7) is 2.35. The van der Waals surface area contributed by atoms with E-state index in [1.165, 1.54) is 0 Å². The van der Waals surface area contributed by atoms with Crippen LogP contribution in [0.15, 0.2) is 25.6 Å². The summed E-state index contributed by atoms with van der Waals surface area (Å²) in [4.78, 5) is 0. The minimum Gasteiger partial charge on any atom is -0.489 e. The predicted octanol–water partition coefficient (Wildman–Crippen LogP) is 4.51. The molecule has 1 unspecified atom stereocenters. The van der Waals surface area contributed by atoms with Crippen molar-refractivity contribution in [3.63, 3.8) is 0 Å². The molecule has 0 aliphatic carbocycles. The SMILES string of the molecule is CCCC(O)COc1c(Br)cc(Br)cc1Br. The van der Waals surface area contributed by atoms with Crippen LogP contribution in [0.5, 0.6) is 5.75 Å². The van der Waals surface area contributed by atoms with Crippen molar-refractivity contribution in [2.24, 2.45) is 0 Å². The van der Waals surface area contributed by atoms with Gasteiger partial charge in [0.2, 0.25) is 0 Å². The van der Waals surface area contributed by atoms with Crippen molar-refractivity contribution >= 4 is 47.8 Å². The number of ether oxygens (including phenoxy) is 1. The van der Waals surface area contributed by atoms with E-state index in [0.717, 1.165) is 32.0 Å². The van der Waals surface area contributed by atoms with Crippen LogP contribution in [0.2, 0.25) is 0 Å². The molecule has 0 amide bonds. The topological polar surface area (TPSA) is 29.5 Å². The van der Waals surface area contributed by atoms with Crippen molar-refractivity contribution in [3.8, 4) is 5.75 Å². The van der Waals surface area contributed by atoms with E-state index in [9.17, 15) is 5.11 Å². The number of rotatable bonds is 5. The van der Waals surface area contributed by atoms with E-state index in [-0.39, 0.29) is 0 Å². The van der Waals surface area contributed by atoms with Crippen LogP contribution >= 0.6 is 47.8 Å². The maximum absolute atomic E-state index is 9.58. The second-order valence-electron chi connectivity index (χ2n) is 3.45. The normalized spacial score (nSPS) is 12.6. The number of aliphatic hydroxyl groups is 1. The Kier molecular flexibility index (Phi) is 6.32. The second-order valence-corrected chi connectivity index (χ2v) is 6.08. The highest BCUT2D eigenvalue weighted by atomic mass is 79.9. The van der Waals surface area contributed by atoms with Gasteiger partial charge in [-0.3, -0.25) is 0 Å². The Morgan fingerprint density at radius 3 is 2.31 bits per heavy atom. The van der Waals surface area contributed by atoms with E-state index < -0.39 is 6.10 Å². The standard InChI is InChI=1S/C11H13Br3O2/c1-2-3-8(15)6-16-11-9(13)4-7(12)5-10(11)14/h4-5,8,15H,2-3,6H2,1H3. The molecule has 90 valence electrons. The van der Waals surface area contributed by atoms with E-state index in [4.69, 9.17) is 4.74 Å². The molecule has 0 radical (unpaired) electrons. The Morgan fingerprint density at radius 2 is 1.81 bits per heavy atom. The Bertz CT molecular complexity index is 332. The van der Waals surface area contributed by atoms with Gasteiger partial charge < -0.3 is 9.84 Å². The first-order chi connectivity index (χ1) is 7.54. The molecule has 0 aromatic heterocycles. The maximum Gasteiger partial charge on any atom is 0.147 e. The lowest BCUT2D eigenvalue weighted by Crippen LogP contribution is -2.17. The third-order valence-electron chi connectivity index (χ3n) is 2.01. The molecule has 1 rings (SSSR count). The largest absolute Gasteiger partial charge is 0.489 e. The highest BCUT2D eigenvalue weighted by Crippen LogP contribution is 2.36. The molecule has 1 N–H and O–H groups in total. The highest BCUT2D eigenvalue weighted by molar-refractivity contribution is 9.11. The average molecular weight is 417 g/mol. The summed E-state index contributed by atoms with van der Waals surface area (Å²) in [6, 6.07) is 3.82. The molecule has 0 fully saturated rings. The van der Waals surface area contributed by atoms with Gasteiger partial charge in [-0.1, -0.05) is 29.3 Å². The molecule has 0 saturated heterocycles. The van der Waals surface area contributed by atoms with Crippen molar-refractivity contribution in [1.82, 2.24) is 0 Å². The van der Waals surface area contributed by atoms with E-state index >= 15 is 0 Å². The van der Waals surface area contributed by atoms with Gasteiger partial charge in [-0.05, 0) is 50.4 Å². The molecule has 0 spiro atoms. The molecular weight excluding hydrogens is 404 g/mol. The van der Waals surface area contributed by atoms with Gasteiger partial charge in [-0.2, -0.15) is 0 Å². The molecule has 16 heavy (non-hydrogen) atoms. The first-order valence-electron chi connectivity index (χ1n) is 5.00. The summed E-state index contributed by atoms with van der Waals surface area (Å²) in [5.74, 6) is 0.721. The lowest BCUT2D eigenvalue weighted by molar-refractivity contribution is 0.0986. The number of halogens is 3. The molecule has 1 aromatic carbocycles. The van der Waals surface area contributed by atoms with Gasteiger partial charge in [0.25, 0.3) is 0 Å². The summed E-state index contributed by atoms with van der Waals surface area (Å²) in [5.41, 5.74) is 0. The summed E-state index contributed by atoms with van der Waals surface area (Å²) in [7, 11) is 0. The minimum atomic E-state index is -0.410. The van der Waals surface area contributed by atoms with Crippen molar-refractivity contribution in [2.45, 2.75) is 25.9 Å². The predicted molar refractivity (Wildman–Crippen MR) is 76.0 cm³/mol. The molecule has 0 heterocycles. The Morgan fingerprint density at radius 1 is 1.25 bits per heavy atom. The first kappa shape index (κ1) is 14.5. The first-order valence-corrected chi connectivity index (χ1v) is 7.38. The van der Waals surface area contributed by atoms with Gasteiger partial charge in [0.05, 0.1) is 15.0 Å². The summed E-state index contributed by atoms with van der Waals surface area (Å²) in [5, 5.41) is 9.58. The van der Waals surface area contributed by atoms with Crippen molar-refractivity contribution in [3.05, 3.63) is 25.6 Å². The number of hydrogen-bond donors (Lipinski definition) is 1. The molecule has 2 nitrogen and oxygen atoms in total. The second kappa shape index (κ2) is 6.99. The molecule has 0 aliphatic heterocycles. The monoisotopic (exact) mass is 414 g/mol. The smallest absolute Gasteiger partial charge is 0.147 e. The van der Waals surface area contributed by atoms with Gasteiger partial charge in [0, 0.05) is 4.47 Å². The zero-order valence-electron chi connectivity index (χ0n) is 8.84. The fraction of sp³-hybridized carbons (Fsp3) is 0.455. The zero-order chi connectivity index (χ0) is 12.1. The van der Waals surface area contributed by atoms with Crippen LogP contribution < -0.4 is 4.74 Å². The molecule has 5 heteroatoms. The fourth-order valence-corrected chi connectivity index (χ4v) is 3.75. The third-order valence-corrected chi connectivity index (χ3v) is 3.64. The van der Waals surface area contributed by atoms with Crippen molar-refractivity contribution < 1.29 is 9.84 Å². The van der Waals surface area contributed by atoms with Crippen LogP contribution in [-0.2, 0) is 0 Å². The van der Waals surface area contributed by atoms with Gasteiger partial charge in [0.15, 0.2) is 0 Å². The summed E-state index contributed by atoms with van der Waals surface area (Å²) >= 11 is 10.2. The fourth-order valence-electron chi connectivity index (χ4n) is 1.26. The van der Waals surface area contributed by atoms with Crippen LogP contribution in [0.25, 0.3) is 0 Å². The van der Waals surface area contributed by atoms with Gasteiger partial charge in [-0.15, -0.1) is 0 Å². The lowest BCUT2D eigenvalue weighted by atomic mass is 10.2. The number of hydrogen-bond acceptors (Lipinski definition) is 2. The molecule has 0 saturated carbocycles. The quantitative estimate of drug-likeness (QED) is 0.765. The molecule has 0 aliphatic rings. The van der Waals surface area contributed by atoms with Gasteiger partial charge in [-0.25, -0.2) is 0 Å². The highest BCUT2D eigenvalue weighted by Gasteiger charge is 2.10. The Hall–Kier alpha value is 0.420. The summed E-state index contributed by atoms with van der Waals surface area (Å²) < 4.78 is 8.26. The lowest BCUT2D eigenvalue weighted by Gasteiger charge is -2.14. The number of aliphatic hydroxyl groups excluding tert-OH is 1. The zero-order valence-corrected chi connectivity index (χ0v) is 13.6. The van der Waals surface area contributed by atoms with Crippen LogP contribution in [0, 0.1) is 0 Å². The van der Waals surface area contributed by atoms with Crippen LogP contribution in [0.3, 0.4) is 0 Å². The summed E-state index contributed by atoms with van der Waals surface area (Å²) in [6.07, 6.45) is 1.30. The molecule has 0 bridgehead atoms. The van der Waals surface area contributed by atoms with Crippen LogP contribution in [0.4, 0.5) is 0 Å². The molecule has 1 aromatic rings. The third kappa shape index (κ3) is 4.35. The van der Waals surface area contributed by atoms with E-state index in [1.807, 2.05) is 19.1 Å². The van der Waals surface area contributed by atoms with Gasteiger partial charge in [0.1, 0.15) is 12.4 Å². The molecule has 1 atom stereocenters. The minimum absolute atomic E-state index is 0.312. The van der Waals surface area contributed by atoms with Gasteiger partial charge >= 0.3 is 0 Å². The van der Waals surface area contributed by atoms with E-state index in [1.54, 1.807) is 0 Å². The Balaban J connectivity index is 2.67. The van der Waals surface area contributed by atoms with E-state index in [0.29, 0.717) is 6.61 Å².